The molecule has 3 heteroatoms. The third kappa shape index (κ3) is 3.29. The summed E-state index contributed by atoms with van der Waals surface area (Å²) >= 11 is 0. The molecule has 2 rings (SSSR count). The molecule has 1 radical (unpaired) electrons. The Hall–Kier alpha value is -2.42. The van der Waals surface area contributed by atoms with Crippen molar-refractivity contribution < 1.29 is 9.31 Å². The van der Waals surface area contributed by atoms with E-state index in [1.807, 2.05) is 48.5 Å². The Morgan fingerprint density at radius 3 is 1.58 bits per heavy atom. The molecule has 19 heavy (non-hydrogen) atoms. The third-order valence-electron chi connectivity index (χ3n) is 2.63. The summed E-state index contributed by atoms with van der Waals surface area (Å²) in [5.74, 6) is 1.40. The predicted molar refractivity (Wildman–Crippen MR) is 80.1 cm³/mol. The fourth-order valence-electron chi connectivity index (χ4n) is 1.64. The quantitative estimate of drug-likeness (QED) is 0.721. The van der Waals surface area contributed by atoms with Gasteiger partial charge in [0, 0.05) is 11.1 Å². The minimum Gasteiger partial charge on any atom is -0.526 e. The molecule has 0 saturated heterocycles. The average molecular weight is 249 g/mol. The monoisotopic (exact) mass is 249 g/mol. The molecule has 0 aliphatic carbocycles. The molecule has 0 spiro atoms. The molecule has 0 heterocycles. The summed E-state index contributed by atoms with van der Waals surface area (Å²) in [4.78, 5) is 0. The molecule has 2 aromatic carbocycles. The lowest BCUT2D eigenvalue weighted by Gasteiger charge is -2.10. The average Bonchev–Trinajstić information content (AvgIpc) is 2.48. The van der Waals surface area contributed by atoms with Gasteiger partial charge in [0.15, 0.2) is 0 Å². The molecule has 0 saturated carbocycles. The Kier molecular flexibility index (Phi) is 4.46. The van der Waals surface area contributed by atoms with Crippen molar-refractivity contribution in [2.45, 2.75) is 0 Å². The molecule has 0 fully saturated rings. The summed E-state index contributed by atoms with van der Waals surface area (Å²) in [5, 5.41) is 0. The van der Waals surface area contributed by atoms with Crippen molar-refractivity contribution in [3.8, 4) is 11.5 Å². The van der Waals surface area contributed by atoms with Crippen molar-refractivity contribution >= 4 is 19.8 Å². The van der Waals surface area contributed by atoms with E-state index in [2.05, 4.69) is 13.2 Å². The van der Waals surface area contributed by atoms with Crippen LogP contribution in [0.3, 0.4) is 0 Å². The van der Waals surface area contributed by atoms with Crippen molar-refractivity contribution in [1.29, 1.82) is 0 Å². The lowest BCUT2D eigenvalue weighted by Crippen LogP contribution is -2.12. The predicted octanol–water partition coefficient (Wildman–Crippen LogP) is 3.96. The molecule has 0 aromatic heterocycles. The summed E-state index contributed by atoms with van der Waals surface area (Å²) in [5.41, 5.74) is 1.83. The number of benzene rings is 2. The first-order chi connectivity index (χ1) is 9.35. The van der Waals surface area contributed by atoms with Crippen molar-refractivity contribution in [3.05, 3.63) is 72.8 Å². The van der Waals surface area contributed by atoms with Gasteiger partial charge in [-0.3, -0.25) is 0 Å². The smallest absolute Gasteiger partial charge is 0.526 e. The molecule has 2 aromatic rings. The summed E-state index contributed by atoms with van der Waals surface area (Å²) in [6.45, 7) is 7.47. The molecule has 0 bridgehead atoms. The van der Waals surface area contributed by atoms with Crippen molar-refractivity contribution in [2.24, 2.45) is 0 Å². The molecule has 0 amide bonds. The molecule has 0 aliphatic heterocycles. The largest absolute Gasteiger partial charge is 0.658 e. The number of rotatable bonds is 6. The molecule has 0 atom stereocenters. The van der Waals surface area contributed by atoms with E-state index in [1.54, 1.807) is 12.2 Å². The van der Waals surface area contributed by atoms with Gasteiger partial charge in [-0.15, -0.1) is 0 Å². The zero-order chi connectivity index (χ0) is 13.5. The lowest BCUT2D eigenvalue weighted by molar-refractivity contribution is 0.458. The van der Waals surface area contributed by atoms with Gasteiger partial charge in [-0.1, -0.05) is 61.7 Å². The Labute approximate surface area is 114 Å². The molecule has 0 N–H and O–H groups in total. The zero-order valence-corrected chi connectivity index (χ0v) is 10.6. The van der Waals surface area contributed by atoms with Crippen LogP contribution in [0.15, 0.2) is 61.7 Å². The third-order valence-corrected chi connectivity index (χ3v) is 2.63. The van der Waals surface area contributed by atoms with Crippen LogP contribution in [0.4, 0.5) is 0 Å². The van der Waals surface area contributed by atoms with E-state index in [0.717, 1.165) is 11.1 Å². The summed E-state index contributed by atoms with van der Waals surface area (Å²) in [6, 6.07) is 15.2. The maximum Gasteiger partial charge on any atom is 0.658 e. The van der Waals surface area contributed by atoms with Crippen LogP contribution in [0.2, 0.25) is 0 Å². The van der Waals surface area contributed by atoms with Crippen molar-refractivity contribution in [2.75, 3.05) is 0 Å². The van der Waals surface area contributed by atoms with Gasteiger partial charge < -0.3 is 9.31 Å². The maximum absolute atomic E-state index is 5.48. The van der Waals surface area contributed by atoms with Gasteiger partial charge in [-0.25, -0.2) is 0 Å². The zero-order valence-electron chi connectivity index (χ0n) is 10.6. The summed E-state index contributed by atoms with van der Waals surface area (Å²) in [6.07, 6.45) is 3.47. The highest BCUT2D eigenvalue weighted by atomic mass is 16.6. The van der Waals surface area contributed by atoms with Crippen molar-refractivity contribution in [1.82, 2.24) is 0 Å². The van der Waals surface area contributed by atoms with E-state index in [9.17, 15) is 0 Å². The topological polar surface area (TPSA) is 18.5 Å². The van der Waals surface area contributed by atoms with Crippen LogP contribution in [0.25, 0.3) is 12.2 Å². The highest BCUT2D eigenvalue weighted by molar-refractivity contribution is 6.21. The normalized spacial score (nSPS) is 9.47. The molecular formula is C16H14BO2. The second kappa shape index (κ2) is 6.50. The molecular weight excluding hydrogens is 235 g/mol. The van der Waals surface area contributed by atoms with Gasteiger partial charge >= 0.3 is 7.69 Å². The van der Waals surface area contributed by atoms with Crippen LogP contribution in [-0.2, 0) is 0 Å². The van der Waals surface area contributed by atoms with E-state index in [-0.39, 0.29) is 0 Å². The molecule has 0 aliphatic rings. The molecule has 93 valence electrons. The van der Waals surface area contributed by atoms with Crippen molar-refractivity contribution in [3.63, 3.8) is 0 Å². The first-order valence-corrected chi connectivity index (χ1v) is 5.93. The Morgan fingerprint density at radius 2 is 1.16 bits per heavy atom. The van der Waals surface area contributed by atoms with Gasteiger partial charge in [-0.2, -0.15) is 0 Å². The number of para-hydroxylation sites is 2. The van der Waals surface area contributed by atoms with Gasteiger partial charge in [0.25, 0.3) is 0 Å². The minimum atomic E-state index is 0.702. The van der Waals surface area contributed by atoms with Gasteiger partial charge in [0.1, 0.15) is 11.5 Å². The second-order valence-electron chi connectivity index (χ2n) is 3.82. The van der Waals surface area contributed by atoms with Gasteiger partial charge in [0.2, 0.25) is 0 Å². The molecule has 2 nitrogen and oxygen atoms in total. The Balaban J connectivity index is 2.00. The van der Waals surface area contributed by atoms with E-state index in [4.69, 9.17) is 9.31 Å². The highest BCUT2D eigenvalue weighted by Crippen LogP contribution is 2.21. The van der Waals surface area contributed by atoms with E-state index in [0.29, 0.717) is 11.5 Å². The molecule has 0 unspecified atom stereocenters. The first-order valence-electron chi connectivity index (χ1n) is 5.93. The summed E-state index contributed by atoms with van der Waals surface area (Å²) < 4.78 is 11.0. The number of hydrogen-bond donors (Lipinski definition) is 0. The Morgan fingerprint density at radius 1 is 0.737 bits per heavy atom. The van der Waals surface area contributed by atoms with Gasteiger partial charge in [-0.05, 0) is 12.1 Å². The SMILES string of the molecule is C=Cc1ccccc1O[B]Oc1ccccc1C=C. The fraction of sp³-hybridized carbons (Fsp3) is 0. The summed E-state index contributed by atoms with van der Waals surface area (Å²) in [7, 11) is 1.31. The lowest BCUT2D eigenvalue weighted by atomic mass is 10.2. The number of hydrogen-bond acceptors (Lipinski definition) is 2. The highest BCUT2D eigenvalue weighted by Gasteiger charge is 2.06. The second-order valence-corrected chi connectivity index (χ2v) is 3.82. The Bertz CT molecular complexity index is 527. The maximum atomic E-state index is 5.48. The van der Waals surface area contributed by atoms with E-state index in [1.165, 1.54) is 7.69 Å². The van der Waals surface area contributed by atoms with Crippen LogP contribution >= 0.6 is 0 Å². The van der Waals surface area contributed by atoms with Crippen LogP contribution in [0, 0.1) is 0 Å². The van der Waals surface area contributed by atoms with Crippen LogP contribution in [0.1, 0.15) is 11.1 Å². The fourth-order valence-corrected chi connectivity index (χ4v) is 1.64. The standard InChI is InChI=1S/C16H14BO2/c1-3-13-9-5-7-11-15(13)18-17-19-16-12-8-6-10-14(16)4-2/h3-12H,1-2H2. The van der Waals surface area contributed by atoms with Crippen LogP contribution < -0.4 is 9.31 Å². The van der Waals surface area contributed by atoms with E-state index < -0.39 is 0 Å². The first kappa shape index (κ1) is 13.0. The van der Waals surface area contributed by atoms with E-state index >= 15 is 0 Å². The van der Waals surface area contributed by atoms with Crippen LogP contribution in [-0.4, -0.2) is 7.69 Å². The van der Waals surface area contributed by atoms with Gasteiger partial charge in [0.05, 0.1) is 0 Å². The van der Waals surface area contributed by atoms with Crippen LogP contribution in [0.5, 0.6) is 11.5 Å². The minimum absolute atomic E-state index is 0.702.